The number of carbonyl (C=O) groups is 4. The van der Waals surface area contributed by atoms with Gasteiger partial charge in [0, 0.05) is 45.9 Å². The molecule has 2 aromatic carbocycles. The Bertz CT molecular complexity index is 1670. The molecule has 1 unspecified atom stereocenters. The fourth-order valence-electron chi connectivity index (χ4n) is 5.30. The van der Waals surface area contributed by atoms with Crippen LogP contribution in [0.3, 0.4) is 0 Å². The topological polar surface area (TPSA) is 204 Å². The van der Waals surface area contributed by atoms with Crippen molar-refractivity contribution in [2.75, 3.05) is 17.5 Å². The summed E-state index contributed by atoms with van der Waals surface area (Å²) in [6.45, 7) is 3.89. The highest BCUT2D eigenvalue weighted by atomic mass is 35.5. The van der Waals surface area contributed by atoms with E-state index in [2.05, 4.69) is 0 Å². The summed E-state index contributed by atoms with van der Waals surface area (Å²) < 4.78 is 61.9. The molecule has 0 spiro atoms. The monoisotopic (exact) mass is 698 g/mol. The van der Waals surface area contributed by atoms with Crippen LogP contribution in [0.2, 0.25) is 5.02 Å². The maximum Gasteiger partial charge on any atom is 0.305 e. The van der Waals surface area contributed by atoms with Gasteiger partial charge in [-0.3, -0.25) is 33.6 Å². The molecule has 0 radical (unpaired) electrons. The van der Waals surface area contributed by atoms with Gasteiger partial charge < -0.3 is 28.4 Å². The van der Waals surface area contributed by atoms with Crippen molar-refractivity contribution in [1.29, 1.82) is 0 Å². The minimum Gasteiger partial charge on any atom is -0.456 e. The van der Waals surface area contributed by atoms with E-state index in [9.17, 15) is 37.7 Å². The van der Waals surface area contributed by atoms with Gasteiger partial charge in [0.25, 0.3) is 15.7 Å². The van der Waals surface area contributed by atoms with Gasteiger partial charge in [-0.2, -0.15) is 0 Å². The minimum absolute atomic E-state index is 0.0972. The summed E-state index contributed by atoms with van der Waals surface area (Å²) >= 11 is 5.89. The average molecular weight is 699 g/mol. The second-order valence-corrected chi connectivity index (χ2v) is 12.8. The summed E-state index contributed by atoms with van der Waals surface area (Å²) in [6, 6.07) is 9.65. The Morgan fingerprint density at radius 1 is 0.915 bits per heavy atom. The van der Waals surface area contributed by atoms with E-state index in [0.29, 0.717) is 5.56 Å². The van der Waals surface area contributed by atoms with Crippen LogP contribution < -0.4 is 4.31 Å². The van der Waals surface area contributed by atoms with Gasteiger partial charge in [-0.05, 0) is 24.6 Å². The second kappa shape index (κ2) is 14.6. The number of hydrogen-bond donors (Lipinski definition) is 0. The molecule has 254 valence electrons. The third-order valence-electron chi connectivity index (χ3n) is 7.09. The van der Waals surface area contributed by atoms with E-state index in [1.807, 2.05) is 0 Å². The number of fused-ring (bicyclic) bond motifs is 1. The lowest BCUT2D eigenvalue weighted by molar-refractivity contribution is -0.384. The van der Waals surface area contributed by atoms with E-state index in [1.54, 1.807) is 24.3 Å². The fraction of sp³-hybridized carbons (Fsp3) is 0.448. The lowest BCUT2D eigenvalue weighted by Crippen LogP contribution is -2.63. The van der Waals surface area contributed by atoms with Crippen LogP contribution in [0, 0.1) is 10.1 Å². The quantitative estimate of drug-likeness (QED) is 0.151. The van der Waals surface area contributed by atoms with Crippen LogP contribution >= 0.6 is 11.6 Å². The normalized spacial score (nSPS) is 24.0. The number of rotatable bonds is 10. The van der Waals surface area contributed by atoms with Crippen LogP contribution in [0.5, 0.6) is 0 Å². The third-order valence-corrected chi connectivity index (χ3v) is 9.22. The number of carbonyl (C=O) groups excluding carboxylic acids is 4. The Balaban J connectivity index is 1.64. The molecule has 0 amide bonds. The van der Waals surface area contributed by atoms with Crippen LogP contribution in [-0.2, 0) is 57.6 Å². The Hall–Kier alpha value is -4.32. The highest BCUT2D eigenvalue weighted by Crippen LogP contribution is 2.40. The van der Waals surface area contributed by atoms with Gasteiger partial charge >= 0.3 is 23.9 Å². The number of sulfonamides is 1. The first-order valence-electron chi connectivity index (χ1n) is 14.1. The van der Waals surface area contributed by atoms with E-state index in [1.165, 1.54) is 6.07 Å². The number of halogens is 1. The number of ether oxygens (including phenoxy) is 6. The Morgan fingerprint density at radius 2 is 1.51 bits per heavy atom. The molecule has 2 heterocycles. The predicted molar refractivity (Wildman–Crippen MR) is 159 cm³/mol. The highest BCUT2D eigenvalue weighted by molar-refractivity contribution is 7.92. The van der Waals surface area contributed by atoms with Gasteiger partial charge in [0.05, 0.1) is 28.2 Å². The van der Waals surface area contributed by atoms with E-state index >= 15 is 0 Å². The summed E-state index contributed by atoms with van der Waals surface area (Å²) in [5.74, 6) is -3.25. The fourth-order valence-corrected chi connectivity index (χ4v) is 7.01. The van der Waals surface area contributed by atoms with Gasteiger partial charge in [0.2, 0.25) is 12.4 Å². The molecule has 2 aromatic rings. The summed E-state index contributed by atoms with van der Waals surface area (Å²) in [5, 5.41) is 11.2. The first kappa shape index (κ1) is 35.5. The number of anilines is 1. The van der Waals surface area contributed by atoms with E-state index in [-0.39, 0.29) is 35.2 Å². The number of nitrogens with zero attached hydrogens (tertiary/aromatic N) is 2. The first-order chi connectivity index (χ1) is 22.1. The van der Waals surface area contributed by atoms with E-state index < -0.39 is 81.3 Å². The highest BCUT2D eigenvalue weighted by Gasteiger charge is 2.53. The predicted octanol–water partition coefficient (Wildman–Crippen LogP) is 2.99. The molecule has 0 aromatic heterocycles. The molecule has 4 rings (SSSR count). The smallest absolute Gasteiger partial charge is 0.305 e. The molecule has 0 N–H and O–H groups in total. The van der Waals surface area contributed by atoms with Crippen molar-refractivity contribution in [3.63, 3.8) is 0 Å². The van der Waals surface area contributed by atoms with Gasteiger partial charge in [-0.25, -0.2) is 8.42 Å². The first-order valence-corrected chi connectivity index (χ1v) is 15.9. The molecule has 0 aliphatic carbocycles. The molecule has 1 fully saturated rings. The molecule has 0 saturated carbocycles. The number of hydrogen-bond acceptors (Lipinski definition) is 14. The van der Waals surface area contributed by atoms with Crippen LogP contribution in [-0.4, -0.2) is 81.1 Å². The zero-order chi connectivity index (χ0) is 34.6. The van der Waals surface area contributed by atoms with Crippen molar-refractivity contribution in [1.82, 2.24) is 0 Å². The largest absolute Gasteiger partial charge is 0.456 e. The second-order valence-electron chi connectivity index (χ2n) is 10.5. The Kier molecular flexibility index (Phi) is 11.1. The zero-order valence-corrected chi connectivity index (χ0v) is 27.1. The summed E-state index contributed by atoms with van der Waals surface area (Å²) in [4.78, 5) is 58.3. The standard InChI is InChI=1S/C29H31ClN2O14S/c1-15(33)42-26-25(46-29(45-18(4)36)28(44-17(3)35)27(26)43-16(2)34)14-41-24-11-12-31(22-8-6-5-7-20(22)24)47(39,40)19-9-10-21(30)23(13-19)32(37)38/h5-10,13,24-29H,11-12,14H2,1-4H3/t24?,25-,26-,27+,28-,29-/m1/s1. The van der Waals surface area contributed by atoms with Crippen molar-refractivity contribution >= 4 is 56.9 Å². The molecule has 6 atom stereocenters. The number of nitro benzene ring substituents is 1. The number of esters is 4. The summed E-state index contributed by atoms with van der Waals surface area (Å²) in [6.07, 6.45) is -7.80. The van der Waals surface area contributed by atoms with Crippen LogP contribution in [0.15, 0.2) is 47.4 Å². The Morgan fingerprint density at radius 3 is 2.13 bits per heavy atom. The van der Waals surface area contributed by atoms with Crippen molar-refractivity contribution in [3.8, 4) is 0 Å². The number of benzene rings is 2. The molecule has 0 bridgehead atoms. The van der Waals surface area contributed by atoms with Gasteiger partial charge in [-0.1, -0.05) is 29.8 Å². The molecule has 47 heavy (non-hydrogen) atoms. The van der Waals surface area contributed by atoms with Crippen LogP contribution in [0.25, 0.3) is 0 Å². The molecule has 1 saturated heterocycles. The van der Waals surface area contributed by atoms with Crippen LogP contribution in [0.1, 0.15) is 45.8 Å². The van der Waals surface area contributed by atoms with Crippen molar-refractivity contribution < 1.29 is 60.9 Å². The van der Waals surface area contributed by atoms with E-state index in [4.69, 9.17) is 40.0 Å². The Labute approximate surface area is 273 Å². The van der Waals surface area contributed by atoms with Crippen molar-refractivity contribution in [2.45, 2.75) is 75.8 Å². The molecular weight excluding hydrogens is 668 g/mol. The van der Waals surface area contributed by atoms with Gasteiger partial charge in [-0.15, -0.1) is 0 Å². The lowest BCUT2D eigenvalue weighted by atomic mass is 9.97. The third kappa shape index (κ3) is 8.16. The summed E-state index contributed by atoms with van der Waals surface area (Å²) in [5.41, 5.74) is 0.119. The minimum atomic E-state index is -4.29. The van der Waals surface area contributed by atoms with Gasteiger partial charge in [0.1, 0.15) is 11.1 Å². The SMILES string of the molecule is CC(=O)O[C@@H]1O[C@H](COC2CCN(S(=O)(=O)c3ccc(Cl)c([N+](=O)[O-])c3)c3ccccc32)[C@@H](OC(C)=O)[C@H](OC(C)=O)[C@H]1OC(C)=O. The molecule has 16 nitrogen and oxygen atoms in total. The molecule has 18 heteroatoms. The zero-order valence-electron chi connectivity index (χ0n) is 25.5. The van der Waals surface area contributed by atoms with Crippen molar-refractivity contribution in [3.05, 3.63) is 63.2 Å². The summed E-state index contributed by atoms with van der Waals surface area (Å²) in [7, 11) is -4.29. The maximum absolute atomic E-state index is 13.7. The van der Waals surface area contributed by atoms with Gasteiger partial charge in [0.15, 0.2) is 12.2 Å². The van der Waals surface area contributed by atoms with E-state index in [0.717, 1.165) is 44.1 Å². The molecule has 2 aliphatic heterocycles. The van der Waals surface area contributed by atoms with Crippen molar-refractivity contribution in [2.24, 2.45) is 0 Å². The number of para-hydroxylation sites is 1. The lowest BCUT2D eigenvalue weighted by Gasteiger charge is -2.44. The molecular formula is C29H31ClN2O14S. The van der Waals surface area contributed by atoms with Crippen LogP contribution in [0.4, 0.5) is 11.4 Å². The molecule has 2 aliphatic rings. The average Bonchev–Trinajstić information content (AvgIpc) is 2.98. The number of nitro groups is 1. The maximum atomic E-state index is 13.7.